The zero-order valence-corrected chi connectivity index (χ0v) is 17.7. The molecular formula is C21H16N2O5S2. The Hall–Kier alpha value is -3.17. The predicted molar refractivity (Wildman–Crippen MR) is 113 cm³/mol. The lowest BCUT2D eigenvalue weighted by Gasteiger charge is -2.25. The second-order valence-electron chi connectivity index (χ2n) is 6.87. The summed E-state index contributed by atoms with van der Waals surface area (Å²) in [5.74, 6) is -0.456. The summed E-state index contributed by atoms with van der Waals surface area (Å²) in [7, 11) is 0. The first-order valence-electron chi connectivity index (χ1n) is 9.14. The molecule has 0 saturated carbocycles. The predicted octanol–water partition coefficient (Wildman–Crippen LogP) is 4.33. The van der Waals surface area contributed by atoms with Gasteiger partial charge < -0.3 is 14.6 Å². The Bertz CT molecular complexity index is 1210. The number of ketones is 1. The van der Waals surface area contributed by atoms with Gasteiger partial charge >= 0.3 is 0 Å². The first-order chi connectivity index (χ1) is 14.5. The summed E-state index contributed by atoms with van der Waals surface area (Å²) in [6.07, 6.45) is 0. The largest absolute Gasteiger partial charge is 0.503 e. The number of amides is 1. The van der Waals surface area contributed by atoms with E-state index in [-0.39, 0.29) is 18.1 Å². The number of aliphatic hydroxyl groups excluding tert-OH is 1. The highest BCUT2D eigenvalue weighted by Crippen LogP contribution is 2.46. The maximum Gasteiger partial charge on any atom is 0.294 e. The summed E-state index contributed by atoms with van der Waals surface area (Å²) < 4.78 is 10.8. The molecule has 0 fully saturated rings. The van der Waals surface area contributed by atoms with Crippen molar-refractivity contribution in [2.45, 2.75) is 19.9 Å². The van der Waals surface area contributed by atoms with Gasteiger partial charge in [-0.3, -0.25) is 14.5 Å². The molecule has 2 aliphatic heterocycles. The Morgan fingerprint density at radius 1 is 1.23 bits per heavy atom. The molecule has 0 spiro atoms. The molecule has 2 aromatic heterocycles. The van der Waals surface area contributed by atoms with Crippen LogP contribution in [-0.4, -0.2) is 28.6 Å². The molecule has 1 unspecified atom stereocenters. The van der Waals surface area contributed by atoms with Gasteiger partial charge in [0.05, 0.1) is 21.2 Å². The molecule has 1 atom stereocenters. The van der Waals surface area contributed by atoms with E-state index in [2.05, 4.69) is 4.98 Å². The fourth-order valence-electron chi connectivity index (χ4n) is 3.72. The molecule has 4 heterocycles. The third-order valence-electron chi connectivity index (χ3n) is 5.01. The first kappa shape index (κ1) is 18.8. The minimum absolute atomic E-state index is 0.0619. The third kappa shape index (κ3) is 2.81. The number of aromatic nitrogens is 1. The SMILES string of the molecule is Cc1nc(C)c(C(=O)C2=C(O)C(=O)N(c3ccc4c(c3)OCO4)C2c2cccs2)s1. The van der Waals surface area contributed by atoms with Crippen LogP contribution in [0.3, 0.4) is 0 Å². The number of aryl methyl sites for hydroxylation is 2. The van der Waals surface area contributed by atoms with Crippen molar-refractivity contribution in [3.8, 4) is 11.5 Å². The van der Waals surface area contributed by atoms with Crippen LogP contribution in [0.2, 0.25) is 0 Å². The van der Waals surface area contributed by atoms with Crippen molar-refractivity contribution in [3.63, 3.8) is 0 Å². The second-order valence-corrected chi connectivity index (χ2v) is 9.05. The van der Waals surface area contributed by atoms with E-state index in [1.807, 2.05) is 24.4 Å². The van der Waals surface area contributed by atoms with E-state index in [9.17, 15) is 14.7 Å². The molecule has 152 valence electrons. The molecule has 0 saturated heterocycles. The van der Waals surface area contributed by atoms with Crippen LogP contribution < -0.4 is 14.4 Å². The summed E-state index contributed by atoms with van der Waals surface area (Å²) >= 11 is 2.67. The summed E-state index contributed by atoms with van der Waals surface area (Å²) in [5.41, 5.74) is 1.16. The maximum atomic E-state index is 13.4. The lowest BCUT2D eigenvalue weighted by Crippen LogP contribution is -2.30. The van der Waals surface area contributed by atoms with Gasteiger partial charge in [-0.15, -0.1) is 22.7 Å². The highest BCUT2D eigenvalue weighted by atomic mass is 32.1. The zero-order chi connectivity index (χ0) is 21.0. The van der Waals surface area contributed by atoms with E-state index in [0.717, 1.165) is 9.88 Å². The molecule has 9 heteroatoms. The number of thiazole rings is 1. The zero-order valence-electron chi connectivity index (χ0n) is 16.0. The number of carbonyl (C=O) groups is 2. The van der Waals surface area contributed by atoms with Crippen LogP contribution in [0.25, 0.3) is 0 Å². The van der Waals surface area contributed by atoms with Gasteiger partial charge in [0.2, 0.25) is 12.6 Å². The average Bonchev–Trinajstić information content (AvgIpc) is 3.49. The number of anilines is 1. The Morgan fingerprint density at radius 2 is 2.03 bits per heavy atom. The minimum Gasteiger partial charge on any atom is -0.503 e. The van der Waals surface area contributed by atoms with Crippen molar-refractivity contribution in [3.05, 3.63) is 67.5 Å². The summed E-state index contributed by atoms with van der Waals surface area (Å²) in [6.45, 7) is 3.68. The van der Waals surface area contributed by atoms with Crippen molar-refractivity contribution in [2.75, 3.05) is 11.7 Å². The van der Waals surface area contributed by atoms with Crippen LogP contribution in [-0.2, 0) is 4.79 Å². The van der Waals surface area contributed by atoms with Crippen molar-refractivity contribution in [1.82, 2.24) is 4.98 Å². The number of carbonyl (C=O) groups excluding carboxylic acids is 2. The molecule has 0 radical (unpaired) electrons. The standard InChI is InChI=1S/C21H16N2O5S2/c1-10-20(30-11(2)22-10)18(24)16-17(15-4-3-7-29-15)23(21(26)19(16)25)12-5-6-13-14(8-12)28-9-27-13/h3-8,17,25H,9H2,1-2H3. The number of hydrogen-bond donors (Lipinski definition) is 1. The van der Waals surface area contributed by atoms with E-state index >= 15 is 0 Å². The smallest absolute Gasteiger partial charge is 0.294 e. The Kier molecular flexibility index (Phi) is 4.37. The molecule has 3 aromatic rings. The number of Topliss-reactive ketones (excluding diaryl/α,β-unsaturated/α-hetero) is 1. The van der Waals surface area contributed by atoms with Crippen LogP contribution in [0.5, 0.6) is 11.5 Å². The molecule has 1 N–H and O–H groups in total. The van der Waals surface area contributed by atoms with Crippen LogP contribution in [0.1, 0.15) is 31.3 Å². The van der Waals surface area contributed by atoms with Gasteiger partial charge in [-0.1, -0.05) is 6.07 Å². The minimum atomic E-state index is -0.743. The number of hydrogen-bond acceptors (Lipinski definition) is 8. The van der Waals surface area contributed by atoms with Crippen LogP contribution in [0.15, 0.2) is 47.0 Å². The number of ether oxygens (including phenoxy) is 2. The van der Waals surface area contributed by atoms with Gasteiger partial charge in [0, 0.05) is 16.6 Å². The Balaban J connectivity index is 1.64. The highest BCUT2D eigenvalue weighted by Gasteiger charge is 2.46. The third-order valence-corrected chi connectivity index (χ3v) is 7.01. The number of nitrogens with zero attached hydrogens (tertiary/aromatic N) is 2. The molecule has 1 aromatic carbocycles. The fourth-order valence-corrected chi connectivity index (χ4v) is 5.42. The maximum absolute atomic E-state index is 13.4. The highest BCUT2D eigenvalue weighted by molar-refractivity contribution is 7.14. The molecule has 0 bridgehead atoms. The fraction of sp³-hybridized carbons (Fsp3) is 0.190. The van der Waals surface area contributed by atoms with Gasteiger partial charge in [0.1, 0.15) is 6.04 Å². The van der Waals surface area contributed by atoms with E-state index in [4.69, 9.17) is 9.47 Å². The van der Waals surface area contributed by atoms with Gasteiger partial charge in [-0.2, -0.15) is 0 Å². The molecule has 5 rings (SSSR count). The quantitative estimate of drug-likeness (QED) is 0.608. The Labute approximate surface area is 179 Å². The monoisotopic (exact) mass is 440 g/mol. The van der Waals surface area contributed by atoms with Gasteiger partial charge in [-0.25, -0.2) is 4.98 Å². The van der Waals surface area contributed by atoms with Gasteiger partial charge in [0.25, 0.3) is 5.91 Å². The number of aliphatic hydroxyl groups is 1. The van der Waals surface area contributed by atoms with Crippen LogP contribution in [0.4, 0.5) is 5.69 Å². The molecule has 2 aliphatic rings. The molecule has 30 heavy (non-hydrogen) atoms. The topological polar surface area (TPSA) is 89.0 Å². The number of fused-ring (bicyclic) bond motifs is 1. The lowest BCUT2D eigenvalue weighted by atomic mass is 10.00. The lowest BCUT2D eigenvalue weighted by molar-refractivity contribution is -0.117. The number of benzene rings is 1. The average molecular weight is 441 g/mol. The van der Waals surface area contributed by atoms with Gasteiger partial charge in [0.15, 0.2) is 17.3 Å². The number of rotatable bonds is 4. The van der Waals surface area contributed by atoms with E-state index in [1.54, 1.807) is 25.1 Å². The summed E-state index contributed by atoms with van der Waals surface area (Å²) in [4.78, 5) is 33.5. The first-order valence-corrected chi connectivity index (χ1v) is 10.8. The van der Waals surface area contributed by atoms with Crippen molar-refractivity contribution in [1.29, 1.82) is 0 Å². The molecule has 1 amide bonds. The second kappa shape index (κ2) is 6.96. The van der Waals surface area contributed by atoms with Crippen LogP contribution >= 0.6 is 22.7 Å². The van der Waals surface area contributed by atoms with Crippen molar-refractivity contribution < 1.29 is 24.2 Å². The summed E-state index contributed by atoms with van der Waals surface area (Å²) in [6, 6.07) is 8.07. The molecule has 7 nitrogen and oxygen atoms in total. The van der Waals surface area contributed by atoms with Crippen LogP contribution in [0, 0.1) is 13.8 Å². The van der Waals surface area contributed by atoms with Crippen molar-refractivity contribution in [2.24, 2.45) is 0 Å². The normalized spacial score (nSPS) is 17.9. The number of thiophene rings is 1. The summed E-state index contributed by atoms with van der Waals surface area (Å²) in [5, 5.41) is 13.4. The van der Waals surface area contributed by atoms with Crippen molar-refractivity contribution >= 4 is 40.1 Å². The van der Waals surface area contributed by atoms with Gasteiger partial charge in [-0.05, 0) is 37.4 Å². The molecule has 0 aliphatic carbocycles. The Morgan fingerprint density at radius 3 is 2.73 bits per heavy atom. The van der Waals surface area contributed by atoms with E-state index in [0.29, 0.717) is 27.8 Å². The molecular weight excluding hydrogens is 424 g/mol. The van der Waals surface area contributed by atoms with E-state index < -0.39 is 17.7 Å². The van der Waals surface area contributed by atoms with E-state index in [1.165, 1.54) is 27.6 Å².